The molecule has 0 amide bonds. The Hall–Kier alpha value is -1.83. The molecule has 0 radical (unpaired) electrons. The Morgan fingerprint density at radius 3 is 2.90 bits per heavy atom. The molecule has 21 heavy (non-hydrogen) atoms. The summed E-state index contributed by atoms with van der Waals surface area (Å²) in [6.07, 6.45) is 9.27. The van der Waals surface area contributed by atoms with Crippen LogP contribution in [-0.4, -0.2) is 5.60 Å². The normalized spacial score (nSPS) is 28.8. The molecule has 2 heteroatoms. The topological polar surface area (TPSA) is 9.23 Å². The highest BCUT2D eigenvalue weighted by Gasteiger charge is 2.39. The molecule has 2 atom stereocenters. The summed E-state index contributed by atoms with van der Waals surface area (Å²) >= 11 is 0. The quantitative estimate of drug-likeness (QED) is 0.696. The minimum absolute atomic E-state index is 0.114. The van der Waals surface area contributed by atoms with Gasteiger partial charge in [-0.25, -0.2) is 4.39 Å². The van der Waals surface area contributed by atoms with E-state index in [9.17, 15) is 4.39 Å². The van der Waals surface area contributed by atoms with Gasteiger partial charge >= 0.3 is 0 Å². The SMILES string of the molecule is CC1CC(C)(C)OC2=CC=C/C(=C/c3cccc(F)c3)C21. The Labute approximate surface area is 125 Å². The number of benzene rings is 1. The van der Waals surface area contributed by atoms with Crippen molar-refractivity contribution in [3.63, 3.8) is 0 Å². The number of fused-ring (bicyclic) bond motifs is 1. The van der Waals surface area contributed by atoms with Gasteiger partial charge in [-0.15, -0.1) is 0 Å². The van der Waals surface area contributed by atoms with Crippen LogP contribution in [0.15, 0.2) is 53.8 Å². The summed E-state index contributed by atoms with van der Waals surface area (Å²) in [4.78, 5) is 0. The Balaban J connectivity index is 1.95. The van der Waals surface area contributed by atoms with Gasteiger partial charge in [0.1, 0.15) is 17.2 Å². The zero-order valence-corrected chi connectivity index (χ0v) is 12.8. The second-order valence-electron chi connectivity index (χ2n) is 6.65. The van der Waals surface area contributed by atoms with Crippen molar-refractivity contribution in [2.24, 2.45) is 11.8 Å². The average molecular weight is 284 g/mol. The summed E-state index contributed by atoms with van der Waals surface area (Å²) < 4.78 is 19.5. The summed E-state index contributed by atoms with van der Waals surface area (Å²) in [5.41, 5.74) is 1.98. The van der Waals surface area contributed by atoms with Gasteiger partial charge < -0.3 is 4.74 Å². The van der Waals surface area contributed by atoms with Gasteiger partial charge in [0.15, 0.2) is 0 Å². The summed E-state index contributed by atoms with van der Waals surface area (Å²) in [6.45, 7) is 6.53. The number of allylic oxidation sites excluding steroid dienone is 4. The van der Waals surface area contributed by atoms with E-state index in [0.29, 0.717) is 5.92 Å². The van der Waals surface area contributed by atoms with Crippen LogP contribution in [0.3, 0.4) is 0 Å². The van der Waals surface area contributed by atoms with Gasteiger partial charge in [0.2, 0.25) is 0 Å². The molecule has 0 N–H and O–H groups in total. The van der Waals surface area contributed by atoms with Crippen molar-refractivity contribution in [2.45, 2.75) is 32.8 Å². The third-order valence-electron chi connectivity index (χ3n) is 4.17. The van der Waals surface area contributed by atoms with E-state index in [-0.39, 0.29) is 17.3 Å². The number of halogens is 1. The van der Waals surface area contributed by atoms with Crippen molar-refractivity contribution in [1.29, 1.82) is 0 Å². The molecule has 1 aliphatic heterocycles. The molecule has 1 aliphatic carbocycles. The first-order valence-electron chi connectivity index (χ1n) is 7.49. The second kappa shape index (κ2) is 5.18. The third-order valence-corrected chi connectivity index (χ3v) is 4.17. The molecule has 0 bridgehead atoms. The van der Waals surface area contributed by atoms with E-state index in [2.05, 4.69) is 39.0 Å². The molecule has 1 nitrogen and oxygen atoms in total. The van der Waals surface area contributed by atoms with Crippen LogP contribution >= 0.6 is 0 Å². The molecule has 1 fully saturated rings. The van der Waals surface area contributed by atoms with E-state index in [1.165, 1.54) is 11.6 Å². The molecule has 2 aliphatic rings. The second-order valence-corrected chi connectivity index (χ2v) is 6.65. The van der Waals surface area contributed by atoms with E-state index in [4.69, 9.17) is 4.74 Å². The van der Waals surface area contributed by atoms with E-state index in [1.807, 2.05) is 12.1 Å². The first kappa shape index (κ1) is 14.1. The molecular formula is C19H21FO. The maximum atomic E-state index is 13.3. The van der Waals surface area contributed by atoms with Crippen LogP contribution in [0.2, 0.25) is 0 Å². The van der Waals surface area contributed by atoms with Gasteiger partial charge in [0, 0.05) is 5.92 Å². The minimum Gasteiger partial charge on any atom is -0.492 e. The molecule has 110 valence electrons. The minimum atomic E-state index is -0.200. The Morgan fingerprint density at radius 2 is 2.14 bits per heavy atom. The number of hydrogen-bond acceptors (Lipinski definition) is 1. The highest BCUT2D eigenvalue weighted by atomic mass is 19.1. The molecule has 0 spiro atoms. The lowest BCUT2D eigenvalue weighted by Crippen LogP contribution is -2.38. The van der Waals surface area contributed by atoms with Crippen molar-refractivity contribution in [1.82, 2.24) is 0 Å². The van der Waals surface area contributed by atoms with Gasteiger partial charge in [-0.3, -0.25) is 0 Å². The molecule has 1 aromatic carbocycles. The monoisotopic (exact) mass is 284 g/mol. The maximum Gasteiger partial charge on any atom is 0.123 e. The lowest BCUT2D eigenvalue weighted by molar-refractivity contribution is -0.0391. The van der Waals surface area contributed by atoms with E-state index in [1.54, 1.807) is 12.1 Å². The van der Waals surface area contributed by atoms with Crippen LogP contribution in [0.1, 0.15) is 32.8 Å². The van der Waals surface area contributed by atoms with Crippen molar-refractivity contribution < 1.29 is 9.13 Å². The standard InChI is InChI=1S/C19H21FO/c1-13-12-19(2,3)21-17-9-5-7-15(18(13)17)10-14-6-4-8-16(20)11-14/h4-11,13,18H,12H2,1-3H3/b15-10-. The van der Waals surface area contributed by atoms with Crippen molar-refractivity contribution in [3.8, 4) is 0 Å². The Kier molecular flexibility index (Phi) is 3.48. The van der Waals surface area contributed by atoms with E-state index in [0.717, 1.165) is 17.7 Å². The fraction of sp³-hybridized carbons (Fsp3) is 0.368. The largest absolute Gasteiger partial charge is 0.492 e. The number of ether oxygens (including phenoxy) is 1. The average Bonchev–Trinajstić information content (AvgIpc) is 2.36. The van der Waals surface area contributed by atoms with E-state index < -0.39 is 0 Å². The van der Waals surface area contributed by atoms with Crippen LogP contribution in [0, 0.1) is 17.7 Å². The molecule has 1 heterocycles. The maximum absolute atomic E-state index is 13.3. The fourth-order valence-electron chi connectivity index (χ4n) is 3.51. The fourth-order valence-corrected chi connectivity index (χ4v) is 3.51. The van der Waals surface area contributed by atoms with Crippen LogP contribution < -0.4 is 0 Å². The molecule has 1 aromatic rings. The van der Waals surface area contributed by atoms with Gasteiger partial charge in [-0.1, -0.05) is 37.3 Å². The molecule has 2 unspecified atom stereocenters. The summed E-state index contributed by atoms with van der Waals surface area (Å²) in [7, 11) is 0. The molecule has 3 rings (SSSR count). The molecular weight excluding hydrogens is 263 g/mol. The lowest BCUT2D eigenvalue weighted by atomic mass is 9.74. The first-order valence-corrected chi connectivity index (χ1v) is 7.49. The van der Waals surface area contributed by atoms with Crippen LogP contribution in [0.4, 0.5) is 4.39 Å². The smallest absolute Gasteiger partial charge is 0.123 e. The van der Waals surface area contributed by atoms with Crippen molar-refractivity contribution >= 4 is 6.08 Å². The number of hydrogen-bond donors (Lipinski definition) is 0. The third kappa shape index (κ3) is 2.94. The van der Waals surface area contributed by atoms with Crippen LogP contribution in [0.25, 0.3) is 6.08 Å². The summed E-state index contributed by atoms with van der Waals surface area (Å²) in [6, 6.07) is 6.71. The number of rotatable bonds is 1. The van der Waals surface area contributed by atoms with Crippen molar-refractivity contribution in [3.05, 3.63) is 65.2 Å². The van der Waals surface area contributed by atoms with E-state index >= 15 is 0 Å². The predicted molar refractivity (Wildman–Crippen MR) is 84.0 cm³/mol. The molecule has 0 aromatic heterocycles. The van der Waals surface area contributed by atoms with Crippen LogP contribution in [-0.2, 0) is 4.74 Å². The highest BCUT2D eigenvalue weighted by molar-refractivity contribution is 5.59. The van der Waals surface area contributed by atoms with Gasteiger partial charge in [-0.05, 0) is 55.5 Å². The molecule has 0 saturated carbocycles. The summed E-state index contributed by atoms with van der Waals surface area (Å²) in [5.74, 6) is 1.61. The van der Waals surface area contributed by atoms with Gasteiger partial charge in [-0.2, -0.15) is 0 Å². The summed E-state index contributed by atoms with van der Waals surface area (Å²) in [5, 5.41) is 0. The molecule has 1 saturated heterocycles. The lowest BCUT2D eigenvalue weighted by Gasteiger charge is -2.43. The van der Waals surface area contributed by atoms with Gasteiger partial charge in [0.05, 0.1) is 0 Å². The predicted octanol–water partition coefficient (Wildman–Crippen LogP) is 5.11. The van der Waals surface area contributed by atoms with Gasteiger partial charge in [0.25, 0.3) is 0 Å². The zero-order chi connectivity index (χ0) is 15.0. The van der Waals surface area contributed by atoms with Crippen molar-refractivity contribution in [2.75, 3.05) is 0 Å². The first-order chi connectivity index (χ1) is 9.94. The Bertz CT molecular complexity index is 637. The highest BCUT2D eigenvalue weighted by Crippen LogP contribution is 2.44. The Morgan fingerprint density at radius 1 is 1.33 bits per heavy atom. The zero-order valence-electron chi connectivity index (χ0n) is 12.8. The van der Waals surface area contributed by atoms with Crippen LogP contribution in [0.5, 0.6) is 0 Å².